The van der Waals surface area contributed by atoms with Crippen molar-refractivity contribution in [1.82, 2.24) is 4.98 Å². The average Bonchev–Trinajstić information content (AvgIpc) is 2.66. The minimum atomic E-state index is -0.366. The van der Waals surface area contributed by atoms with E-state index >= 15 is 0 Å². The Kier molecular flexibility index (Phi) is 3.57. The number of aromatic nitrogens is 1. The molecule has 0 saturated heterocycles. The van der Waals surface area contributed by atoms with Crippen molar-refractivity contribution in [2.24, 2.45) is 0 Å². The summed E-state index contributed by atoms with van der Waals surface area (Å²) in [5.74, 6) is 0. The maximum absolute atomic E-state index is 10.9. The first kappa shape index (κ1) is 12.5. The highest BCUT2D eigenvalue weighted by atomic mass is 32.1. The van der Waals surface area contributed by atoms with E-state index in [2.05, 4.69) is 10.3 Å². The summed E-state index contributed by atoms with van der Waals surface area (Å²) in [6.07, 6.45) is 0. The molecule has 2 rings (SSSR count). The second kappa shape index (κ2) is 5.14. The monoisotopic (exact) mass is 263 g/mol. The molecule has 0 radical (unpaired) electrons. The predicted molar refractivity (Wildman–Crippen MR) is 72.0 cm³/mol. The van der Waals surface area contributed by atoms with Crippen molar-refractivity contribution in [3.8, 4) is 0 Å². The Bertz CT molecular complexity index is 561. The second-order valence-electron chi connectivity index (χ2n) is 3.90. The fourth-order valence-corrected chi connectivity index (χ4v) is 2.37. The quantitative estimate of drug-likeness (QED) is 0.679. The normalized spacial score (nSPS) is 10.3. The summed E-state index contributed by atoms with van der Waals surface area (Å²) in [5, 5.41) is 14.8. The smallest absolute Gasteiger partial charge is 0.274 e. The van der Waals surface area contributed by atoms with Crippen molar-refractivity contribution in [2.45, 2.75) is 20.4 Å². The van der Waals surface area contributed by atoms with Gasteiger partial charge in [-0.15, -0.1) is 11.3 Å². The molecule has 1 aromatic heterocycles. The van der Waals surface area contributed by atoms with Crippen molar-refractivity contribution >= 4 is 22.2 Å². The number of hydrogen-bond donors (Lipinski definition) is 1. The van der Waals surface area contributed by atoms with Crippen LogP contribution in [0.5, 0.6) is 0 Å². The highest BCUT2D eigenvalue weighted by molar-refractivity contribution is 7.15. The minimum Gasteiger partial charge on any atom is -0.357 e. The van der Waals surface area contributed by atoms with Gasteiger partial charge in [0.25, 0.3) is 5.69 Å². The van der Waals surface area contributed by atoms with Gasteiger partial charge >= 0.3 is 0 Å². The van der Waals surface area contributed by atoms with Gasteiger partial charge in [-0.3, -0.25) is 10.1 Å². The highest BCUT2D eigenvalue weighted by Gasteiger charge is 2.12. The number of nitrogens with zero attached hydrogens (tertiary/aromatic N) is 2. The minimum absolute atomic E-state index is 0.134. The second-order valence-corrected chi connectivity index (χ2v) is 5.10. The van der Waals surface area contributed by atoms with Crippen molar-refractivity contribution in [3.05, 3.63) is 50.5 Å². The highest BCUT2D eigenvalue weighted by Crippen LogP contribution is 2.23. The zero-order valence-electron chi connectivity index (χ0n) is 10.1. The molecule has 0 fully saturated rings. The van der Waals surface area contributed by atoms with Crippen molar-refractivity contribution in [3.63, 3.8) is 0 Å². The lowest BCUT2D eigenvalue weighted by Crippen LogP contribution is -2.02. The maximum atomic E-state index is 10.9. The molecule has 2 aromatic rings. The standard InChI is InChI=1S/C12H13N3O2S/c1-8-9(2)18-12(14-8)13-7-10-5-3-4-6-11(10)15(16)17/h3-6H,7H2,1-2H3,(H,13,14). The zero-order chi connectivity index (χ0) is 13.1. The summed E-state index contributed by atoms with van der Waals surface area (Å²) in [6, 6.07) is 6.72. The Morgan fingerprint density at radius 2 is 2.11 bits per heavy atom. The van der Waals surface area contributed by atoms with E-state index in [4.69, 9.17) is 0 Å². The largest absolute Gasteiger partial charge is 0.357 e. The molecule has 1 N–H and O–H groups in total. The number of hydrogen-bond acceptors (Lipinski definition) is 5. The number of aryl methyl sites for hydroxylation is 2. The molecule has 0 atom stereocenters. The fourth-order valence-electron chi connectivity index (χ4n) is 1.56. The lowest BCUT2D eigenvalue weighted by molar-refractivity contribution is -0.385. The summed E-state index contributed by atoms with van der Waals surface area (Å²) in [5.41, 5.74) is 1.79. The fraction of sp³-hybridized carbons (Fsp3) is 0.250. The van der Waals surface area contributed by atoms with Gasteiger partial charge in [0, 0.05) is 23.1 Å². The molecular weight excluding hydrogens is 250 g/mol. The van der Waals surface area contributed by atoms with Gasteiger partial charge in [-0.25, -0.2) is 4.98 Å². The van der Waals surface area contributed by atoms with Crippen LogP contribution in [0, 0.1) is 24.0 Å². The van der Waals surface area contributed by atoms with Crippen LogP contribution in [0.2, 0.25) is 0 Å². The van der Waals surface area contributed by atoms with Crippen LogP contribution in [-0.2, 0) is 6.54 Å². The zero-order valence-corrected chi connectivity index (χ0v) is 11.0. The van der Waals surface area contributed by atoms with E-state index in [1.807, 2.05) is 13.8 Å². The SMILES string of the molecule is Cc1nc(NCc2ccccc2[N+](=O)[O-])sc1C. The van der Waals surface area contributed by atoms with Crippen LogP contribution in [0.25, 0.3) is 0 Å². The van der Waals surface area contributed by atoms with Gasteiger partial charge in [-0.05, 0) is 13.8 Å². The summed E-state index contributed by atoms with van der Waals surface area (Å²) in [4.78, 5) is 16.0. The third kappa shape index (κ3) is 2.65. The van der Waals surface area contributed by atoms with Gasteiger partial charge in [0.1, 0.15) is 0 Å². The molecule has 0 unspecified atom stereocenters. The van der Waals surface area contributed by atoms with Gasteiger partial charge in [0.2, 0.25) is 0 Å². The third-order valence-electron chi connectivity index (χ3n) is 2.65. The van der Waals surface area contributed by atoms with E-state index in [-0.39, 0.29) is 10.6 Å². The number of thiazole rings is 1. The number of para-hydroxylation sites is 1. The van der Waals surface area contributed by atoms with Crippen molar-refractivity contribution in [1.29, 1.82) is 0 Å². The Balaban J connectivity index is 2.13. The van der Waals surface area contributed by atoms with Crippen LogP contribution in [0.4, 0.5) is 10.8 Å². The number of anilines is 1. The molecular formula is C12H13N3O2S. The van der Waals surface area contributed by atoms with Gasteiger partial charge < -0.3 is 5.32 Å². The van der Waals surface area contributed by atoms with Crippen LogP contribution < -0.4 is 5.32 Å². The first-order valence-corrected chi connectivity index (χ1v) is 6.30. The molecule has 0 saturated carbocycles. The number of nitro groups is 1. The first-order chi connectivity index (χ1) is 8.58. The van der Waals surface area contributed by atoms with Crippen molar-refractivity contribution in [2.75, 3.05) is 5.32 Å². The Morgan fingerprint density at radius 1 is 1.39 bits per heavy atom. The van der Waals surface area contributed by atoms with Gasteiger partial charge in [-0.2, -0.15) is 0 Å². The molecule has 1 heterocycles. The number of benzene rings is 1. The van der Waals surface area contributed by atoms with E-state index in [1.165, 1.54) is 6.07 Å². The molecule has 1 aromatic carbocycles. The van der Waals surface area contributed by atoms with Gasteiger partial charge in [0.15, 0.2) is 5.13 Å². The van der Waals surface area contributed by atoms with Crippen LogP contribution in [0.15, 0.2) is 24.3 Å². The van der Waals surface area contributed by atoms with Crippen LogP contribution in [0.1, 0.15) is 16.1 Å². The summed E-state index contributed by atoms with van der Waals surface area (Å²) in [6.45, 7) is 4.36. The number of rotatable bonds is 4. The molecule has 0 bridgehead atoms. The third-order valence-corrected chi connectivity index (χ3v) is 3.68. The van der Waals surface area contributed by atoms with Crippen LogP contribution >= 0.6 is 11.3 Å². The Labute approximate surface area is 109 Å². The molecule has 6 heteroatoms. The molecule has 0 spiro atoms. The molecule has 0 aliphatic carbocycles. The number of nitro benzene ring substituents is 1. The lowest BCUT2D eigenvalue weighted by atomic mass is 10.2. The molecule has 5 nitrogen and oxygen atoms in total. The van der Waals surface area contributed by atoms with E-state index in [0.717, 1.165) is 15.7 Å². The van der Waals surface area contributed by atoms with Crippen molar-refractivity contribution < 1.29 is 4.92 Å². The van der Waals surface area contributed by atoms with E-state index in [0.29, 0.717) is 12.1 Å². The number of nitrogens with one attached hydrogen (secondary N) is 1. The molecule has 0 aliphatic rings. The average molecular weight is 263 g/mol. The van der Waals surface area contributed by atoms with Crippen LogP contribution in [-0.4, -0.2) is 9.91 Å². The predicted octanol–water partition coefficient (Wildman–Crippen LogP) is 3.28. The molecule has 18 heavy (non-hydrogen) atoms. The molecule has 94 valence electrons. The van der Waals surface area contributed by atoms with E-state index < -0.39 is 0 Å². The van der Waals surface area contributed by atoms with Crippen LogP contribution in [0.3, 0.4) is 0 Å². The topological polar surface area (TPSA) is 68.1 Å². The molecule has 0 aliphatic heterocycles. The Morgan fingerprint density at radius 3 is 2.72 bits per heavy atom. The maximum Gasteiger partial charge on any atom is 0.274 e. The van der Waals surface area contributed by atoms with Gasteiger partial charge in [-0.1, -0.05) is 18.2 Å². The Hall–Kier alpha value is -1.95. The summed E-state index contributed by atoms with van der Waals surface area (Å²) < 4.78 is 0. The summed E-state index contributed by atoms with van der Waals surface area (Å²) >= 11 is 1.56. The lowest BCUT2D eigenvalue weighted by Gasteiger charge is -2.03. The van der Waals surface area contributed by atoms with Gasteiger partial charge in [0.05, 0.1) is 10.6 Å². The first-order valence-electron chi connectivity index (χ1n) is 5.48. The van der Waals surface area contributed by atoms with E-state index in [9.17, 15) is 10.1 Å². The summed E-state index contributed by atoms with van der Waals surface area (Å²) in [7, 11) is 0. The molecule has 0 amide bonds. The van der Waals surface area contributed by atoms with E-state index in [1.54, 1.807) is 29.5 Å².